The van der Waals surface area contributed by atoms with Crippen LogP contribution in [-0.2, 0) is 19.1 Å². The standard InChI is InChI=1S/C11H16O5/c1-2-15-8-3-5-9(6-4-8)16-11(14)7-10(12)13/h2,8-9H,1,3-7H2,(H,12,13). The minimum absolute atomic E-state index is 0.145. The number of esters is 1. The lowest BCUT2D eigenvalue weighted by molar-refractivity contribution is -0.157. The molecule has 1 rings (SSSR count). The molecule has 1 N–H and O–H groups in total. The maximum Gasteiger partial charge on any atom is 0.317 e. The molecule has 0 aliphatic heterocycles. The summed E-state index contributed by atoms with van der Waals surface area (Å²) in [7, 11) is 0. The molecule has 1 aliphatic rings. The number of carboxylic acids is 1. The number of hydrogen-bond acceptors (Lipinski definition) is 4. The van der Waals surface area contributed by atoms with E-state index in [1.807, 2.05) is 0 Å². The van der Waals surface area contributed by atoms with Gasteiger partial charge in [0.25, 0.3) is 0 Å². The zero-order valence-electron chi connectivity index (χ0n) is 9.05. The van der Waals surface area contributed by atoms with Crippen molar-refractivity contribution in [1.82, 2.24) is 0 Å². The second kappa shape index (κ2) is 6.15. The van der Waals surface area contributed by atoms with Crippen molar-refractivity contribution in [2.75, 3.05) is 0 Å². The van der Waals surface area contributed by atoms with E-state index in [2.05, 4.69) is 6.58 Å². The SMILES string of the molecule is C=COC1CCC(OC(=O)CC(=O)O)CC1. The van der Waals surface area contributed by atoms with Crippen LogP contribution in [0.3, 0.4) is 0 Å². The Kier molecular flexibility index (Phi) is 4.82. The zero-order valence-corrected chi connectivity index (χ0v) is 9.05. The molecule has 0 radical (unpaired) electrons. The molecule has 1 saturated carbocycles. The fraction of sp³-hybridized carbons (Fsp3) is 0.636. The Labute approximate surface area is 94.0 Å². The first-order valence-corrected chi connectivity index (χ1v) is 5.29. The molecule has 0 aromatic heterocycles. The van der Waals surface area contributed by atoms with Gasteiger partial charge in [0.15, 0.2) is 0 Å². The third-order valence-corrected chi connectivity index (χ3v) is 2.50. The molecule has 16 heavy (non-hydrogen) atoms. The Hall–Kier alpha value is -1.52. The van der Waals surface area contributed by atoms with Crippen molar-refractivity contribution < 1.29 is 24.2 Å². The Morgan fingerprint density at radius 3 is 2.31 bits per heavy atom. The van der Waals surface area contributed by atoms with Gasteiger partial charge in [-0.25, -0.2) is 0 Å². The Balaban J connectivity index is 2.23. The molecule has 0 atom stereocenters. The van der Waals surface area contributed by atoms with Crippen LogP contribution in [-0.4, -0.2) is 29.3 Å². The van der Waals surface area contributed by atoms with E-state index in [9.17, 15) is 9.59 Å². The summed E-state index contributed by atoms with van der Waals surface area (Å²) in [6, 6.07) is 0. The average Bonchev–Trinajstić information content (AvgIpc) is 2.20. The molecule has 1 aliphatic carbocycles. The molecular formula is C11H16O5. The lowest BCUT2D eigenvalue weighted by Crippen LogP contribution is -2.28. The molecule has 90 valence electrons. The molecule has 0 saturated heterocycles. The minimum Gasteiger partial charge on any atom is -0.499 e. The Bertz CT molecular complexity index is 266. The summed E-state index contributed by atoms with van der Waals surface area (Å²) < 4.78 is 10.3. The number of aliphatic carboxylic acids is 1. The largest absolute Gasteiger partial charge is 0.499 e. The highest BCUT2D eigenvalue weighted by atomic mass is 16.5. The van der Waals surface area contributed by atoms with E-state index in [0.29, 0.717) is 12.8 Å². The van der Waals surface area contributed by atoms with Crippen molar-refractivity contribution in [3.8, 4) is 0 Å². The smallest absolute Gasteiger partial charge is 0.317 e. The van der Waals surface area contributed by atoms with E-state index in [-0.39, 0.29) is 12.2 Å². The highest BCUT2D eigenvalue weighted by molar-refractivity contribution is 5.90. The lowest BCUT2D eigenvalue weighted by atomic mass is 9.95. The van der Waals surface area contributed by atoms with Crippen LogP contribution in [0.4, 0.5) is 0 Å². The van der Waals surface area contributed by atoms with E-state index in [0.717, 1.165) is 12.8 Å². The van der Waals surface area contributed by atoms with E-state index in [1.165, 1.54) is 6.26 Å². The topological polar surface area (TPSA) is 72.8 Å². The normalized spacial score (nSPS) is 24.5. The van der Waals surface area contributed by atoms with E-state index >= 15 is 0 Å². The molecule has 0 unspecified atom stereocenters. The van der Waals surface area contributed by atoms with Gasteiger partial charge in [0.2, 0.25) is 0 Å². The quantitative estimate of drug-likeness (QED) is 0.438. The summed E-state index contributed by atoms with van der Waals surface area (Å²) >= 11 is 0. The lowest BCUT2D eigenvalue weighted by Gasteiger charge is -2.27. The van der Waals surface area contributed by atoms with Gasteiger partial charge < -0.3 is 14.6 Å². The van der Waals surface area contributed by atoms with Gasteiger partial charge in [0, 0.05) is 0 Å². The van der Waals surface area contributed by atoms with Gasteiger partial charge >= 0.3 is 11.9 Å². The summed E-state index contributed by atoms with van der Waals surface area (Å²) in [5, 5.41) is 8.39. The van der Waals surface area contributed by atoms with Crippen molar-refractivity contribution in [2.45, 2.75) is 44.3 Å². The first-order chi connectivity index (χ1) is 7.61. The molecule has 5 nitrogen and oxygen atoms in total. The van der Waals surface area contributed by atoms with Crippen LogP contribution in [0.15, 0.2) is 12.8 Å². The maximum atomic E-state index is 11.1. The number of carbonyl (C=O) groups excluding carboxylic acids is 1. The van der Waals surface area contributed by atoms with Gasteiger partial charge in [0.1, 0.15) is 12.5 Å². The van der Waals surface area contributed by atoms with E-state index in [4.69, 9.17) is 14.6 Å². The maximum absolute atomic E-state index is 11.1. The van der Waals surface area contributed by atoms with Crippen molar-refractivity contribution >= 4 is 11.9 Å². The summed E-state index contributed by atoms with van der Waals surface area (Å²) in [6.45, 7) is 3.48. The second-order valence-corrected chi connectivity index (χ2v) is 3.76. The van der Waals surface area contributed by atoms with Gasteiger partial charge in [-0.3, -0.25) is 9.59 Å². The van der Waals surface area contributed by atoms with Crippen molar-refractivity contribution in [1.29, 1.82) is 0 Å². The predicted octanol–water partition coefficient (Wildman–Crippen LogP) is 1.48. The van der Waals surface area contributed by atoms with Gasteiger partial charge in [-0.1, -0.05) is 6.58 Å². The van der Waals surface area contributed by atoms with Crippen molar-refractivity contribution in [2.24, 2.45) is 0 Å². The van der Waals surface area contributed by atoms with Crippen LogP contribution in [0.1, 0.15) is 32.1 Å². The third kappa shape index (κ3) is 4.33. The Morgan fingerprint density at radius 1 is 1.25 bits per heavy atom. The molecule has 0 heterocycles. The monoisotopic (exact) mass is 228 g/mol. The zero-order chi connectivity index (χ0) is 12.0. The molecule has 0 bridgehead atoms. The van der Waals surface area contributed by atoms with E-state index < -0.39 is 18.4 Å². The summed E-state index contributed by atoms with van der Waals surface area (Å²) in [5.74, 6) is -1.82. The second-order valence-electron chi connectivity index (χ2n) is 3.76. The van der Waals surface area contributed by atoms with Crippen LogP contribution < -0.4 is 0 Å². The molecular weight excluding hydrogens is 212 g/mol. The number of rotatable bonds is 5. The third-order valence-electron chi connectivity index (χ3n) is 2.50. The fourth-order valence-electron chi connectivity index (χ4n) is 1.77. The number of carbonyl (C=O) groups is 2. The van der Waals surface area contributed by atoms with Gasteiger partial charge in [0.05, 0.1) is 12.4 Å². The predicted molar refractivity (Wildman–Crippen MR) is 55.7 cm³/mol. The Morgan fingerprint density at radius 2 is 1.81 bits per heavy atom. The summed E-state index contributed by atoms with van der Waals surface area (Å²) in [4.78, 5) is 21.3. The number of hydrogen-bond donors (Lipinski definition) is 1. The molecule has 1 fully saturated rings. The van der Waals surface area contributed by atoms with Crippen molar-refractivity contribution in [3.05, 3.63) is 12.8 Å². The van der Waals surface area contributed by atoms with Gasteiger partial charge in [-0.15, -0.1) is 0 Å². The average molecular weight is 228 g/mol. The minimum atomic E-state index is -1.16. The number of ether oxygens (including phenoxy) is 2. The van der Waals surface area contributed by atoms with Crippen LogP contribution in [0.5, 0.6) is 0 Å². The summed E-state index contributed by atoms with van der Waals surface area (Å²) in [6.07, 6.45) is 3.86. The summed E-state index contributed by atoms with van der Waals surface area (Å²) in [5.41, 5.74) is 0. The first-order valence-electron chi connectivity index (χ1n) is 5.29. The van der Waals surface area contributed by atoms with Crippen LogP contribution in [0, 0.1) is 0 Å². The van der Waals surface area contributed by atoms with Crippen LogP contribution >= 0.6 is 0 Å². The van der Waals surface area contributed by atoms with Crippen molar-refractivity contribution in [3.63, 3.8) is 0 Å². The molecule has 0 amide bonds. The first kappa shape index (κ1) is 12.5. The molecule has 0 aromatic carbocycles. The molecule has 0 spiro atoms. The number of carboxylic acid groups (broad SMARTS) is 1. The highest BCUT2D eigenvalue weighted by Gasteiger charge is 2.24. The van der Waals surface area contributed by atoms with Crippen LogP contribution in [0.25, 0.3) is 0 Å². The molecule has 0 aromatic rings. The van der Waals surface area contributed by atoms with Gasteiger partial charge in [-0.2, -0.15) is 0 Å². The van der Waals surface area contributed by atoms with Gasteiger partial charge in [-0.05, 0) is 25.7 Å². The highest BCUT2D eigenvalue weighted by Crippen LogP contribution is 2.23. The van der Waals surface area contributed by atoms with E-state index in [1.54, 1.807) is 0 Å². The van der Waals surface area contributed by atoms with Crippen LogP contribution in [0.2, 0.25) is 0 Å². The molecule has 5 heteroatoms. The fourth-order valence-corrected chi connectivity index (χ4v) is 1.77.